The number of hydrogen-bond donors (Lipinski definition) is 3. The van der Waals surface area contributed by atoms with Gasteiger partial charge in [-0.1, -0.05) is 0 Å². The molecule has 6 nitrogen and oxygen atoms in total. The molecule has 1 atom stereocenters. The minimum absolute atomic E-state index is 0.0377. The average molecular weight is 137 g/mol. The first kappa shape index (κ1) is 8.76. The molecule has 0 rings (SSSR count). The van der Waals surface area contributed by atoms with Crippen LogP contribution in [0.4, 0.5) is 0 Å². The minimum Gasteiger partial charge on any atom is -0.594 e. The fourth-order valence-corrected chi connectivity index (χ4v) is 0.370. The van der Waals surface area contributed by atoms with Crippen LogP contribution in [0.15, 0.2) is 0 Å². The van der Waals surface area contributed by atoms with Crippen molar-refractivity contribution in [3.05, 3.63) is 5.21 Å². The van der Waals surface area contributed by atoms with Crippen molar-refractivity contribution >= 4 is 0 Å². The topological polar surface area (TPSA) is 88.8 Å². The first-order chi connectivity index (χ1) is 3.95. The van der Waals surface area contributed by atoms with Crippen molar-refractivity contribution in [2.75, 3.05) is 20.8 Å². The smallest absolute Gasteiger partial charge is 0.254 e. The molecule has 0 radical (unpaired) electrons. The van der Waals surface area contributed by atoms with E-state index in [2.05, 4.69) is 10.8 Å². The molecule has 5 N–H and O–H groups in total. The maximum Gasteiger partial charge on any atom is 0.254 e. The molecule has 0 aliphatic heterocycles. The molecule has 0 saturated heterocycles. The Hall–Kier alpha value is -0.240. The van der Waals surface area contributed by atoms with E-state index < -0.39 is 5.23 Å². The number of nitrogens with two attached hydrogens (primary N) is 2. The van der Waals surface area contributed by atoms with Crippen LogP contribution in [-0.4, -0.2) is 25.4 Å². The molecule has 0 fully saturated rings. The largest absolute Gasteiger partial charge is 0.594 e. The summed E-state index contributed by atoms with van der Waals surface area (Å²) in [5.74, 6) is 9.96. The zero-order valence-corrected chi connectivity index (χ0v) is 5.63. The zero-order valence-electron chi connectivity index (χ0n) is 5.63. The van der Waals surface area contributed by atoms with Gasteiger partial charge >= 0.3 is 0 Å². The molecule has 0 bridgehead atoms. The van der Waals surface area contributed by atoms with Gasteiger partial charge < -0.3 is 5.21 Å². The minimum atomic E-state index is -0.512. The first-order valence-electron chi connectivity index (χ1n) is 2.47. The predicted octanol–water partition coefficient (Wildman–Crippen LogP) is -2.92. The maximum absolute atomic E-state index is 10.4. The molecule has 6 heteroatoms. The summed E-state index contributed by atoms with van der Waals surface area (Å²) in [6.07, 6.45) is 0. The Balaban J connectivity index is 3.47. The van der Waals surface area contributed by atoms with E-state index in [1.807, 2.05) is 0 Å². The number of hydroxylamine groups is 2. The van der Waals surface area contributed by atoms with Crippen LogP contribution in [0.1, 0.15) is 0 Å². The van der Waals surface area contributed by atoms with E-state index in [-0.39, 0.29) is 11.3 Å². The molecule has 0 aliphatic rings. The molecular weight excluding hydrogens is 124 g/mol. The Bertz CT molecular complexity index is 80.4. The van der Waals surface area contributed by atoms with Crippen LogP contribution in [0.5, 0.6) is 0 Å². The fraction of sp³-hybridized carbons (Fsp3) is 1.00. The van der Waals surface area contributed by atoms with E-state index in [1.165, 1.54) is 0 Å². The summed E-state index contributed by atoms with van der Waals surface area (Å²) in [7, 11) is 3.33. The monoisotopic (exact) mass is 137 g/mol. The molecule has 0 aromatic carbocycles. The summed E-state index contributed by atoms with van der Waals surface area (Å²) in [6, 6.07) is 0. The highest BCUT2D eigenvalue weighted by Crippen LogP contribution is 1.73. The van der Waals surface area contributed by atoms with Gasteiger partial charge in [0.1, 0.15) is 0 Å². The molecule has 0 spiro atoms. The summed E-state index contributed by atoms with van der Waals surface area (Å²) in [4.78, 5) is 3.89. The van der Waals surface area contributed by atoms with Crippen LogP contribution in [0.2, 0.25) is 0 Å². The lowest BCUT2D eigenvalue weighted by Gasteiger charge is -2.25. The third-order valence-corrected chi connectivity index (χ3v) is 0.668. The first-order valence-corrected chi connectivity index (χ1v) is 2.47. The van der Waals surface area contributed by atoms with Gasteiger partial charge in [0.25, 0.3) is 6.67 Å². The lowest BCUT2D eigenvalue weighted by molar-refractivity contribution is -1.16. The van der Waals surface area contributed by atoms with Crippen LogP contribution in [-0.2, 0) is 4.94 Å². The van der Waals surface area contributed by atoms with Crippen molar-refractivity contribution in [3.8, 4) is 0 Å². The molecule has 0 saturated carbocycles. The number of hydrogen-bond acceptors (Lipinski definition) is 4. The third kappa shape index (κ3) is 5.63. The van der Waals surface area contributed by atoms with Crippen LogP contribution in [0.25, 0.3) is 0 Å². The lowest BCUT2D eigenvalue weighted by Crippen LogP contribution is -3.10. The highest BCUT2D eigenvalue weighted by atomic mass is 16.9. The lowest BCUT2D eigenvalue weighted by atomic mass is 10.8. The van der Waals surface area contributed by atoms with Crippen molar-refractivity contribution in [2.24, 2.45) is 11.7 Å². The highest BCUT2D eigenvalue weighted by Gasteiger charge is 2.12. The van der Waals surface area contributed by atoms with Gasteiger partial charge in [0.2, 0.25) is 0 Å². The number of nitrogens with one attached hydrogen (secondary N) is 1. The van der Waals surface area contributed by atoms with E-state index in [0.717, 1.165) is 0 Å². The van der Waals surface area contributed by atoms with E-state index in [0.29, 0.717) is 0 Å². The average Bonchev–Trinajstić information content (AvgIpc) is 1.62. The maximum atomic E-state index is 10.4. The SMILES string of the molecule is C[N+](C)(N)C[NH+]([O-])ON. The van der Waals surface area contributed by atoms with Crippen LogP contribution < -0.4 is 17.0 Å². The molecule has 0 aromatic rings. The van der Waals surface area contributed by atoms with Crippen molar-refractivity contribution in [2.45, 2.75) is 0 Å². The number of quaternary nitrogens is 2. The Kier molecular flexibility index (Phi) is 2.98. The van der Waals surface area contributed by atoms with Gasteiger partial charge in [-0.05, 0) is 0 Å². The summed E-state index contributed by atoms with van der Waals surface area (Å²) in [5.41, 5.74) is 0. The molecule has 0 aromatic heterocycles. The van der Waals surface area contributed by atoms with Gasteiger partial charge in [-0.25, -0.2) is 4.59 Å². The molecule has 9 heavy (non-hydrogen) atoms. The Morgan fingerprint density at radius 3 is 2.22 bits per heavy atom. The van der Waals surface area contributed by atoms with Crippen LogP contribution in [0.3, 0.4) is 0 Å². The molecule has 0 amide bonds. The van der Waals surface area contributed by atoms with E-state index in [9.17, 15) is 5.21 Å². The van der Waals surface area contributed by atoms with Crippen LogP contribution >= 0.6 is 0 Å². The molecule has 1 unspecified atom stereocenters. The van der Waals surface area contributed by atoms with E-state index in [4.69, 9.17) is 5.84 Å². The quantitative estimate of drug-likeness (QED) is 0.168. The van der Waals surface area contributed by atoms with Gasteiger partial charge in [0.05, 0.1) is 14.1 Å². The van der Waals surface area contributed by atoms with Gasteiger partial charge in [-0.2, -0.15) is 17.0 Å². The number of rotatable bonds is 3. The molecular formula is C3H13N4O2+. The van der Waals surface area contributed by atoms with Crippen LogP contribution in [0, 0.1) is 5.21 Å². The van der Waals surface area contributed by atoms with Gasteiger partial charge in [0, 0.05) is 0 Å². The summed E-state index contributed by atoms with van der Waals surface area (Å²) >= 11 is 0. The summed E-state index contributed by atoms with van der Waals surface area (Å²) in [5, 5.41) is 9.87. The number of nitrogens with zero attached hydrogens (tertiary/aromatic N) is 1. The molecule has 56 valence electrons. The second-order valence-corrected chi connectivity index (χ2v) is 2.43. The molecule has 0 aliphatic carbocycles. The summed E-state index contributed by atoms with van der Waals surface area (Å²) < 4.78 is 0.0377. The van der Waals surface area contributed by atoms with Crippen molar-refractivity contribution in [1.29, 1.82) is 0 Å². The Morgan fingerprint density at radius 1 is 1.67 bits per heavy atom. The molecule has 0 heterocycles. The summed E-state index contributed by atoms with van der Waals surface area (Å²) in [6.45, 7) is 0.0799. The van der Waals surface area contributed by atoms with E-state index in [1.54, 1.807) is 14.1 Å². The third-order valence-electron chi connectivity index (χ3n) is 0.668. The van der Waals surface area contributed by atoms with Crippen molar-refractivity contribution in [3.63, 3.8) is 0 Å². The Labute approximate surface area is 53.6 Å². The van der Waals surface area contributed by atoms with Gasteiger partial charge in [-0.3, -0.25) is 0 Å². The van der Waals surface area contributed by atoms with Crippen molar-refractivity contribution in [1.82, 2.24) is 0 Å². The standard InChI is InChI=1S/C3H13N4O2/c1-7(2,4)3-6(8)9-5/h6H,3-5H2,1-2H3/q+1. The highest BCUT2D eigenvalue weighted by molar-refractivity contribution is 3.97. The van der Waals surface area contributed by atoms with Gasteiger partial charge in [0.15, 0.2) is 0 Å². The predicted molar refractivity (Wildman–Crippen MR) is 30.8 cm³/mol. The van der Waals surface area contributed by atoms with Gasteiger partial charge in [-0.15, -0.1) is 4.94 Å². The van der Waals surface area contributed by atoms with Crippen molar-refractivity contribution < 1.29 is 14.8 Å². The second-order valence-electron chi connectivity index (χ2n) is 2.43. The Morgan fingerprint density at radius 2 is 2.11 bits per heavy atom. The second kappa shape index (κ2) is 3.06. The van der Waals surface area contributed by atoms with E-state index >= 15 is 0 Å². The zero-order chi connectivity index (χ0) is 7.49. The fourth-order valence-electron chi connectivity index (χ4n) is 0.370. The normalized spacial score (nSPS) is 15.7.